The van der Waals surface area contributed by atoms with Gasteiger partial charge in [0, 0.05) is 37.6 Å². The number of hydrogen-bond acceptors (Lipinski definition) is 5. The summed E-state index contributed by atoms with van der Waals surface area (Å²) < 4.78 is 5.45. The lowest BCUT2D eigenvalue weighted by atomic mass is 10.2. The van der Waals surface area contributed by atoms with Gasteiger partial charge in [0.25, 0.3) is 0 Å². The van der Waals surface area contributed by atoms with Crippen molar-refractivity contribution >= 4 is 22.8 Å². The highest BCUT2D eigenvalue weighted by molar-refractivity contribution is 5.78. The molecule has 0 radical (unpaired) electrons. The van der Waals surface area contributed by atoms with E-state index in [4.69, 9.17) is 4.74 Å². The molecule has 1 N–H and O–H groups in total. The Morgan fingerprint density at radius 2 is 2.16 bits per heavy atom. The molecule has 1 amide bonds. The van der Waals surface area contributed by atoms with Crippen LogP contribution in [0.15, 0.2) is 29.2 Å². The Balaban J connectivity index is 1.71. The minimum Gasteiger partial charge on any atom is -0.444 e. The second-order valence-corrected chi connectivity index (χ2v) is 7.43. The van der Waals surface area contributed by atoms with Gasteiger partial charge in [0.2, 0.25) is 5.56 Å². The number of nitrogens with one attached hydrogen (secondary N) is 1. The van der Waals surface area contributed by atoms with Crippen LogP contribution < -0.4 is 10.5 Å². The largest absolute Gasteiger partial charge is 0.444 e. The average Bonchev–Trinajstić information content (AvgIpc) is 3.02. The molecule has 0 spiro atoms. The first-order chi connectivity index (χ1) is 11.7. The minimum absolute atomic E-state index is 0.162. The lowest BCUT2D eigenvalue weighted by molar-refractivity contribution is 0.0292. The lowest BCUT2D eigenvalue weighted by Crippen LogP contribution is -2.39. The maximum absolute atomic E-state index is 12.2. The molecule has 1 fully saturated rings. The fourth-order valence-corrected chi connectivity index (χ4v) is 2.98. The number of carbonyl (C=O) groups excluding carboxylic acids is 1. The molecule has 0 aliphatic carbocycles. The fraction of sp³-hybridized carbons (Fsp3) is 0.500. The first-order valence-corrected chi connectivity index (χ1v) is 8.43. The normalized spacial score (nSPS) is 17.8. The Hall–Kier alpha value is -2.57. The molecule has 3 heterocycles. The topological polar surface area (TPSA) is 78.5 Å². The van der Waals surface area contributed by atoms with Crippen LogP contribution in [0.1, 0.15) is 27.2 Å². The van der Waals surface area contributed by atoms with E-state index in [9.17, 15) is 9.59 Å². The first kappa shape index (κ1) is 17.3. The Bertz CT molecular complexity index is 840. The van der Waals surface area contributed by atoms with Gasteiger partial charge in [0.15, 0.2) is 0 Å². The highest BCUT2D eigenvalue weighted by Gasteiger charge is 2.32. The van der Waals surface area contributed by atoms with Gasteiger partial charge < -0.3 is 19.5 Å². The summed E-state index contributed by atoms with van der Waals surface area (Å²) >= 11 is 0. The van der Waals surface area contributed by atoms with Gasteiger partial charge in [-0.2, -0.15) is 0 Å². The van der Waals surface area contributed by atoms with Gasteiger partial charge in [-0.05, 0) is 39.3 Å². The Morgan fingerprint density at radius 1 is 1.40 bits per heavy atom. The number of anilines is 1. The zero-order valence-corrected chi connectivity index (χ0v) is 15.1. The molecule has 1 aliphatic heterocycles. The molecule has 0 bridgehead atoms. The van der Waals surface area contributed by atoms with Crippen molar-refractivity contribution in [3.63, 3.8) is 0 Å². The number of likely N-dealkylation sites (N-methyl/N-ethyl adjacent to an activating group) is 1. The van der Waals surface area contributed by atoms with Crippen LogP contribution in [-0.4, -0.2) is 52.7 Å². The molecule has 0 unspecified atom stereocenters. The minimum atomic E-state index is -0.486. The number of carbonyl (C=O) groups is 1. The number of rotatable bonds is 2. The molecule has 0 aromatic carbocycles. The molecule has 2 aromatic rings. The van der Waals surface area contributed by atoms with Gasteiger partial charge in [0.1, 0.15) is 11.2 Å². The Morgan fingerprint density at radius 3 is 2.88 bits per heavy atom. The van der Waals surface area contributed by atoms with Crippen molar-refractivity contribution < 1.29 is 9.53 Å². The van der Waals surface area contributed by atoms with Crippen molar-refractivity contribution in [2.75, 3.05) is 25.0 Å². The van der Waals surface area contributed by atoms with Gasteiger partial charge in [-0.1, -0.05) is 0 Å². The van der Waals surface area contributed by atoms with Crippen LogP contribution in [0, 0.1) is 0 Å². The summed E-state index contributed by atoms with van der Waals surface area (Å²) in [5.74, 6) is 0. The van der Waals surface area contributed by atoms with Crippen LogP contribution in [0.4, 0.5) is 10.5 Å². The third kappa shape index (κ3) is 3.92. The molecule has 134 valence electrons. The summed E-state index contributed by atoms with van der Waals surface area (Å²) in [6.45, 7) is 6.91. The van der Waals surface area contributed by atoms with Crippen LogP contribution in [0.2, 0.25) is 0 Å². The summed E-state index contributed by atoms with van der Waals surface area (Å²) in [5, 5.41) is 0.881. The summed E-state index contributed by atoms with van der Waals surface area (Å²) in [6.07, 6.45) is 2.35. The second kappa shape index (κ2) is 6.38. The zero-order chi connectivity index (χ0) is 18.2. The highest BCUT2D eigenvalue weighted by Crippen LogP contribution is 2.24. The van der Waals surface area contributed by atoms with E-state index >= 15 is 0 Å². The second-order valence-electron chi connectivity index (χ2n) is 7.43. The van der Waals surface area contributed by atoms with E-state index < -0.39 is 5.60 Å². The smallest absolute Gasteiger partial charge is 0.410 e. The summed E-state index contributed by atoms with van der Waals surface area (Å²) in [5.41, 5.74) is 0.882. The molecule has 1 aliphatic rings. The fourth-order valence-electron chi connectivity index (χ4n) is 2.98. The third-order valence-electron chi connectivity index (χ3n) is 4.33. The molecule has 1 saturated heterocycles. The maximum Gasteiger partial charge on any atom is 0.410 e. The van der Waals surface area contributed by atoms with E-state index in [1.807, 2.05) is 33.9 Å². The number of aromatic nitrogens is 2. The number of H-pyrrole nitrogens is 1. The molecule has 25 heavy (non-hydrogen) atoms. The predicted molar refractivity (Wildman–Crippen MR) is 97.0 cm³/mol. The molecular weight excluding hydrogens is 320 g/mol. The van der Waals surface area contributed by atoms with Gasteiger partial charge in [0.05, 0.1) is 11.9 Å². The molecule has 0 saturated carbocycles. The number of hydrogen-bond donors (Lipinski definition) is 1. The van der Waals surface area contributed by atoms with Crippen LogP contribution in [0.25, 0.3) is 11.0 Å². The average molecular weight is 344 g/mol. The van der Waals surface area contributed by atoms with E-state index in [-0.39, 0.29) is 17.7 Å². The van der Waals surface area contributed by atoms with E-state index in [2.05, 4.69) is 14.9 Å². The van der Waals surface area contributed by atoms with Crippen molar-refractivity contribution in [2.45, 2.75) is 38.8 Å². The third-order valence-corrected chi connectivity index (χ3v) is 4.33. The maximum atomic E-state index is 12.2. The summed E-state index contributed by atoms with van der Waals surface area (Å²) in [7, 11) is 2.00. The summed E-state index contributed by atoms with van der Waals surface area (Å²) in [6, 6.07) is 5.46. The molecule has 7 heteroatoms. The monoisotopic (exact) mass is 344 g/mol. The van der Waals surface area contributed by atoms with Crippen molar-refractivity contribution in [3.8, 4) is 0 Å². The van der Waals surface area contributed by atoms with Crippen molar-refractivity contribution in [3.05, 3.63) is 34.7 Å². The van der Waals surface area contributed by atoms with E-state index in [1.165, 1.54) is 6.07 Å². The van der Waals surface area contributed by atoms with Crippen LogP contribution in [0.5, 0.6) is 0 Å². The first-order valence-electron chi connectivity index (χ1n) is 8.43. The standard InChI is InChI=1S/C18H24N4O3/c1-18(2,3)25-17(24)22-8-7-13(11-22)21(4)14-9-12-5-6-15(23)20-16(12)19-10-14/h5-6,9-10,13H,7-8,11H2,1-4H3,(H,19,20,23)/t13-/m1/s1. The van der Waals surface area contributed by atoms with Gasteiger partial charge in [-0.15, -0.1) is 0 Å². The van der Waals surface area contributed by atoms with Crippen LogP contribution in [0.3, 0.4) is 0 Å². The molecular formula is C18H24N4O3. The number of nitrogens with zero attached hydrogens (tertiary/aromatic N) is 3. The SMILES string of the molecule is CN(c1cnc2[nH]c(=O)ccc2c1)[C@@H]1CCN(C(=O)OC(C)(C)C)C1. The van der Waals surface area contributed by atoms with E-state index in [0.29, 0.717) is 18.7 Å². The zero-order valence-electron chi connectivity index (χ0n) is 15.1. The van der Waals surface area contributed by atoms with Crippen molar-refractivity contribution in [2.24, 2.45) is 0 Å². The number of aromatic amines is 1. The highest BCUT2D eigenvalue weighted by atomic mass is 16.6. The predicted octanol–water partition coefficient (Wildman–Crippen LogP) is 2.37. The number of likely N-dealkylation sites (tertiary alicyclic amines) is 1. The molecule has 7 nitrogen and oxygen atoms in total. The van der Waals surface area contributed by atoms with Crippen molar-refractivity contribution in [1.82, 2.24) is 14.9 Å². The summed E-state index contributed by atoms with van der Waals surface area (Å²) in [4.78, 5) is 34.5. The Kier molecular flexibility index (Phi) is 4.41. The van der Waals surface area contributed by atoms with Crippen LogP contribution in [-0.2, 0) is 4.74 Å². The van der Waals surface area contributed by atoms with E-state index in [0.717, 1.165) is 17.5 Å². The molecule has 2 aromatic heterocycles. The lowest BCUT2D eigenvalue weighted by Gasteiger charge is -2.28. The number of amides is 1. The number of fused-ring (bicyclic) bond motifs is 1. The molecule has 3 rings (SSSR count). The van der Waals surface area contributed by atoms with Gasteiger partial charge in [-0.25, -0.2) is 9.78 Å². The van der Waals surface area contributed by atoms with Crippen molar-refractivity contribution in [1.29, 1.82) is 0 Å². The quantitative estimate of drug-likeness (QED) is 0.905. The Labute approximate surface area is 146 Å². The van der Waals surface area contributed by atoms with Gasteiger partial charge in [-0.3, -0.25) is 4.79 Å². The number of pyridine rings is 2. The van der Waals surface area contributed by atoms with E-state index in [1.54, 1.807) is 17.2 Å². The van der Waals surface area contributed by atoms with Crippen LogP contribution >= 0.6 is 0 Å². The van der Waals surface area contributed by atoms with Gasteiger partial charge >= 0.3 is 6.09 Å². The molecule has 1 atom stereocenters. The number of ether oxygens (including phenoxy) is 1.